The summed E-state index contributed by atoms with van der Waals surface area (Å²) in [5, 5.41) is 17.9. The maximum atomic E-state index is 9.02. The summed E-state index contributed by atoms with van der Waals surface area (Å²) in [7, 11) is 0. The Bertz CT molecular complexity index is 93.8. The fourth-order valence-corrected chi connectivity index (χ4v) is 1.36. The standard InChI is InChI=1S/C10H22O2/c1-3-4-5-6-10(8-12)9(2)7-11/h9-12H,3-8H2,1-2H3. The number of rotatable bonds is 7. The normalized spacial score (nSPS) is 16.0. The molecule has 0 aromatic heterocycles. The summed E-state index contributed by atoms with van der Waals surface area (Å²) in [4.78, 5) is 0. The van der Waals surface area contributed by atoms with Gasteiger partial charge in [-0.25, -0.2) is 0 Å². The minimum Gasteiger partial charge on any atom is -0.396 e. The van der Waals surface area contributed by atoms with E-state index in [0.29, 0.717) is 5.92 Å². The van der Waals surface area contributed by atoms with E-state index in [0.717, 1.165) is 6.42 Å². The molecule has 0 rings (SSSR count). The van der Waals surface area contributed by atoms with Crippen molar-refractivity contribution in [3.05, 3.63) is 0 Å². The Hall–Kier alpha value is -0.0800. The zero-order chi connectivity index (χ0) is 9.40. The summed E-state index contributed by atoms with van der Waals surface area (Å²) in [6, 6.07) is 0. The molecule has 2 nitrogen and oxygen atoms in total. The average molecular weight is 174 g/mol. The van der Waals surface area contributed by atoms with Gasteiger partial charge in [0.15, 0.2) is 0 Å². The lowest BCUT2D eigenvalue weighted by molar-refractivity contribution is 0.122. The quantitative estimate of drug-likeness (QED) is 0.578. The van der Waals surface area contributed by atoms with E-state index in [1.54, 1.807) is 0 Å². The molecule has 74 valence electrons. The molecule has 0 aromatic rings. The molecule has 2 unspecified atom stereocenters. The van der Waals surface area contributed by atoms with Crippen molar-refractivity contribution in [2.75, 3.05) is 13.2 Å². The monoisotopic (exact) mass is 174 g/mol. The van der Waals surface area contributed by atoms with Gasteiger partial charge in [0, 0.05) is 13.2 Å². The summed E-state index contributed by atoms with van der Waals surface area (Å²) in [5.74, 6) is 0.536. The smallest absolute Gasteiger partial charge is 0.0462 e. The molecule has 0 fully saturated rings. The van der Waals surface area contributed by atoms with E-state index in [9.17, 15) is 0 Å². The van der Waals surface area contributed by atoms with E-state index >= 15 is 0 Å². The van der Waals surface area contributed by atoms with Gasteiger partial charge < -0.3 is 10.2 Å². The molecule has 0 heterocycles. The average Bonchev–Trinajstić information content (AvgIpc) is 2.11. The van der Waals surface area contributed by atoms with Crippen molar-refractivity contribution in [1.29, 1.82) is 0 Å². The van der Waals surface area contributed by atoms with E-state index < -0.39 is 0 Å². The van der Waals surface area contributed by atoms with Crippen LogP contribution in [0.5, 0.6) is 0 Å². The largest absolute Gasteiger partial charge is 0.396 e. The van der Waals surface area contributed by atoms with E-state index in [4.69, 9.17) is 10.2 Å². The third-order valence-corrected chi connectivity index (χ3v) is 2.51. The first-order valence-corrected chi connectivity index (χ1v) is 4.97. The first kappa shape index (κ1) is 11.9. The van der Waals surface area contributed by atoms with Crippen LogP contribution in [0, 0.1) is 11.8 Å². The summed E-state index contributed by atoms with van der Waals surface area (Å²) < 4.78 is 0. The minimum atomic E-state index is 0.192. The Kier molecular flexibility index (Phi) is 7.51. The van der Waals surface area contributed by atoms with Crippen molar-refractivity contribution in [1.82, 2.24) is 0 Å². The predicted octanol–water partition coefficient (Wildman–Crippen LogP) is 1.80. The van der Waals surface area contributed by atoms with Crippen LogP contribution < -0.4 is 0 Å². The molecule has 2 heteroatoms. The fraction of sp³-hybridized carbons (Fsp3) is 1.00. The minimum absolute atomic E-state index is 0.192. The third-order valence-electron chi connectivity index (χ3n) is 2.51. The van der Waals surface area contributed by atoms with Crippen molar-refractivity contribution in [2.24, 2.45) is 11.8 Å². The lowest BCUT2D eigenvalue weighted by Gasteiger charge is -2.19. The van der Waals surface area contributed by atoms with Gasteiger partial charge in [-0.15, -0.1) is 0 Å². The molecule has 0 aliphatic heterocycles. The molecule has 2 atom stereocenters. The van der Waals surface area contributed by atoms with Crippen molar-refractivity contribution in [3.63, 3.8) is 0 Å². The predicted molar refractivity (Wildman–Crippen MR) is 51.0 cm³/mol. The summed E-state index contributed by atoms with van der Waals surface area (Å²) in [6.45, 7) is 4.57. The maximum absolute atomic E-state index is 9.02. The van der Waals surface area contributed by atoms with E-state index in [1.165, 1.54) is 19.3 Å². The Balaban J connectivity index is 3.52. The molecule has 0 aliphatic rings. The third kappa shape index (κ3) is 4.73. The topological polar surface area (TPSA) is 40.5 Å². The van der Waals surface area contributed by atoms with Crippen LogP contribution in [0.4, 0.5) is 0 Å². The van der Waals surface area contributed by atoms with Crippen LogP contribution in [-0.2, 0) is 0 Å². The maximum Gasteiger partial charge on any atom is 0.0462 e. The molecular formula is C10H22O2. The molecule has 0 amide bonds. The lowest BCUT2D eigenvalue weighted by atomic mass is 9.90. The number of hydrogen-bond donors (Lipinski definition) is 2. The van der Waals surface area contributed by atoms with E-state index in [-0.39, 0.29) is 19.1 Å². The summed E-state index contributed by atoms with van der Waals surface area (Å²) >= 11 is 0. The van der Waals surface area contributed by atoms with Crippen LogP contribution in [0.2, 0.25) is 0 Å². The summed E-state index contributed by atoms with van der Waals surface area (Å²) in [6.07, 6.45) is 4.67. The lowest BCUT2D eigenvalue weighted by Crippen LogP contribution is -2.19. The fourth-order valence-electron chi connectivity index (χ4n) is 1.36. The SMILES string of the molecule is CCCCCC(CO)C(C)CO. The molecule has 2 N–H and O–H groups in total. The molecule has 0 radical (unpaired) electrons. The molecule has 12 heavy (non-hydrogen) atoms. The second-order valence-corrected chi connectivity index (χ2v) is 3.60. The number of unbranched alkanes of at least 4 members (excludes halogenated alkanes) is 2. The van der Waals surface area contributed by atoms with E-state index in [1.807, 2.05) is 6.92 Å². The first-order chi connectivity index (χ1) is 5.76. The van der Waals surface area contributed by atoms with Crippen molar-refractivity contribution >= 4 is 0 Å². The van der Waals surface area contributed by atoms with Crippen molar-refractivity contribution < 1.29 is 10.2 Å². The van der Waals surface area contributed by atoms with Crippen LogP contribution >= 0.6 is 0 Å². The highest BCUT2D eigenvalue weighted by molar-refractivity contribution is 4.64. The van der Waals surface area contributed by atoms with Crippen LogP contribution in [0.3, 0.4) is 0 Å². The molecule has 0 bridgehead atoms. The van der Waals surface area contributed by atoms with Gasteiger partial charge in [-0.2, -0.15) is 0 Å². The van der Waals surface area contributed by atoms with Gasteiger partial charge in [-0.3, -0.25) is 0 Å². The highest BCUT2D eigenvalue weighted by atomic mass is 16.3. The summed E-state index contributed by atoms with van der Waals surface area (Å²) in [5.41, 5.74) is 0. The van der Waals surface area contributed by atoms with Gasteiger partial charge in [0.25, 0.3) is 0 Å². The number of aliphatic hydroxyl groups is 2. The Morgan fingerprint density at radius 3 is 2.17 bits per heavy atom. The van der Waals surface area contributed by atoms with E-state index in [2.05, 4.69) is 6.92 Å². The van der Waals surface area contributed by atoms with Gasteiger partial charge in [-0.1, -0.05) is 33.1 Å². The molecule has 0 aromatic carbocycles. The van der Waals surface area contributed by atoms with Gasteiger partial charge in [-0.05, 0) is 18.3 Å². The van der Waals surface area contributed by atoms with Crippen LogP contribution in [-0.4, -0.2) is 23.4 Å². The first-order valence-electron chi connectivity index (χ1n) is 4.97. The Morgan fingerprint density at radius 2 is 1.75 bits per heavy atom. The molecule has 0 spiro atoms. The second-order valence-electron chi connectivity index (χ2n) is 3.60. The van der Waals surface area contributed by atoms with Gasteiger partial charge >= 0.3 is 0 Å². The highest BCUT2D eigenvalue weighted by Crippen LogP contribution is 2.17. The highest BCUT2D eigenvalue weighted by Gasteiger charge is 2.14. The zero-order valence-corrected chi connectivity index (χ0v) is 8.29. The number of aliphatic hydroxyl groups excluding tert-OH is 2. The second kappa shape index (κ2) is 7.56. The van der Waals surface area contributed by atoms with Crippen molar-refractivity contribution in [3.8, 4) is 0 Å². The van der Waals surface area contributed by atoms with Crippen LogP contribution in [0.1, 0.15) is 39.5 Å². The van der Waals surface area contributed by atoms with Crippen molar-refractivity contribution in [2.45, 2.75) is 39.5 Å². The molecule has 0 saturated heterocycles. The Morgan fingerprint density at radius 1 is 1.08 bits per heavy atom. The van der Waals surface area contributed by atoms with Crippen LogP contribution in [0.15, 0.2) is 0 Å². The van der Waals surface area contributed by atoms with Gasteiger partial charge in [0.2, 0.25) is 0 Å². The number of hydrogen-bond acceptors (Lipinski definition) is 2. The molecule has 0 saturated carbocycles. The zero-order valence-electron chi connectivity index (χ0n) is 8.29. The van der Waals surface area contributed by atoms with Gasteiger partial charge in [0.05, 0.1) is 0 Å². The van der Waals surface area contributed by atoms with Crippen LogP contribution in [0.25, 0.3) is 0 Å². The molecule has 0 aliphatic carbocycles. The van der Waals surface area contributed by atoms with Gasteiger partial charge in [0.1, 0.15) is 0 Å². The Labute approximate surface area is 75.6 Å². The molecular weight excluding hydrogens is 152 g/mol.